The third-order valence-electron chi connectivity index (χ3n) is 16.8. The highest BCUT2D eigenvalue weighted by atomic mass is 16.6. The Morgan fingerprint density at radius 1 is 0.270 bits per heavy atom. The summed E-state index contributed by atoms with van der Waals surface area (Å²) in [6.07, 6.45) is 4.94. The molecule has 8 heterocycles. The molecule has 16 heteroatoms. The van der Waals surface area contributed by atoms with Gasteiger partial charge in [0.05, 0.1) is 52.9 Å². The van der Waals surface area contributed by atoms with Crippen LogP contribution in [0.5, 0.6) is 46.0 Å². The lowest BCUT2D eigenvalue weighted by atomic mass is 9.32. The molecule has 4 saturated carbocycles. The van der Waals surface area contributed by atoms with Crippen LogP contribution in [0.3, 0.4) is 0 Å². The Balaban J connectivity index is 0.966. The van der Waals surface area contributed by atoms with Crippen LogP contribution in [0.2, 0.25) is 0 Å². The summed E-state index contributed by atoms with van der Waals surface area (Å²) in [5, 5.41) is 0. The Labute approximate surface area is 430 Å². The fraction of sp³-hybridized carbons (Fsp3) is 0.586. The molecule has 8 saturated heterocycles. The van der Waals surface area contributed by atoms with Crippen molar-refractivity contribution in [1.82, 2.24) is 0 Å². The van der Waals surface area contributed by atoms with E-state index < -0.39 is 21.7 Å². The molecule has 0 aromatic heterocycles. The fourth-order valence-electron chi connectivity index (χ4n) is 13.3. The minimum absolute atomic E-state index is 0.0138. The van der Waals surface area contributed by atoms with Crippen LogP contribution in [0.1, 0.15) is 60.8 Å². The van der Waals surface area contributed by atoms with Crippen LogP contribution in [0.25, 0.3) is 0 Å². The lowest BCUT2D eigenvalue weighted by Gasteiger charge is -2.71. The number of hydrogen-bond donors (Lipinski definition) is 0. The molecule has 16 nitrogen and oxygen atoms in total. The van der Waals surface area contributed by atoms with Gasteiger partial charge in [-0.25, -0.2) is 0 Å². The number of rotatable bonds is 28. The van der Waals surface area contributed by atoms with Gasteiger partial charge in [-0.15, -0.1) is 0 Å². The van der Waals surface area contributed by atoms with Crippen molar-refractivity contribution in [3.05, 3.63) is 95.1 Å². The van der Waals surface area contributed by atoms with Crippen molar-refractivity contribution >= 4 is 0 Å². The summed E-state index contributed by atoms with van der Waals surface area (Å²) >= 11 is 0. The second-order valence-corrected chi connectivity index (χ2v) is 22.8. The molecule has 16 rings (SSSR count). The van der Waals surface area contributed by atoms with Gasteiger partial charge >= 0.3 is 0 Å². The zero-order chi connectivity index (χ0) is 48.9. The van der Waals surface area contributed by atoms with Gasteiger partial charge in [-0.1, -0.05) is 48.5 Å². The van der Waals surface area contributed by atoms with E-state index in [1.807, 2.05) is 24.3 Å². The number of para-hydroxylation sites is 4. The molecule has 74 heavy (non-hydrogen) atoms. The van der Waals surface area contributed by atoms with Crippen LogP contribution in [0.15, 0.2) is 72.8 Å². The van der Waals surface area contributed by atoms with E-state index >= 15 is 0 Å². The summed E-state index contributed by atoms with van der Waals surface area (Å²) in [6.45, 7) is 8.73. The molecule has 0 amide bonds. The number of epoxide rings is 8. The van der Waals surface area contributed by atoms with Crippen LogP contribution in [0, 0.1) is 0 Å². The van der Waals surface area contributed by atoms with Gasteiger partial charge in [0.25, 0.3) is 0 Å². The van der Waals surface area contributed by atoms with E-state index in [0.717, 1.165) is 83.8 Å². The van der Waals surface area contributed by atoms with Crippen molar-refractivity contribution in [2.24, 2.45) is 0 Å². The molecule has 8 unspecified atom stereocenters. The van der Waals surface area contributed by atoms with Crippen molar-refractivity contribution < 1.29 is 75.8 Å². The Bertz CT molecular complexity index is 2330. The zero-order valence-corrected chi connectivity index (χ0v) is 41.6. The molecule has 4 bridgehead atoms. The van der Waals surface area contributed by atoms with Crippen molar-refractivity contribution in [3.8, 4) is 46.0 Å². The summed E-state index contributed by atoms with van der Waals surface area (Å²) in [4.78, 5) is 0. The molecular weight excluding hydrogens is 953 g/mol. The normalized spacial score (nSPS) is 35.6. The van der Waals surface area contributed by atoms with E-state index in [1.54, 1.807) is 0 Å². The summed E-state index contributed by atoms with van der Waals surface area (Å²) in [5.41, 5.74) is 2.23. The predicted molar refractivity (Wildman–Crippen MR) is 262 cm³/mol. The average Bonchev–Trinajstić information content (AvgIpc) is 4.29. The van der Waals surface area contributed by atoms with Crippen LogP contribution in [0.4, 0.5) is 0 Å². The summed E-state index contributed by atoms with van der Waals surface area (Å²) < 4.78 is 101. The molecule has 12 fully saturated rings. The monoisotopic (exact) mass is 1020 g/mol. The lowest BCUT2D eigenvalue weighted by molar-refractivity contribution is -0.0724. The lowest BCUT2D eigenvalue weighted by Crippen LogP contribution is -2.67. The number of ether oxygens (including phenoxy) is 16. The summed E-state index contributed by atoms with van der Waals surface area (Å²) in [7, 11) is 0. The van der Waals surface area contributed by atoms with Crippen LogP contribution in [-0.4, -0.2) is 155 Å². The fourth-order valence-corrected chi connectivity index (χ4v) is 13.3. The molecule has 4 aromatic rings. The Morgan fingerprint density at radius 3 is 0.622 bits per heavy atom. The minimum Gasteiger partial charge on any atom is -0.487 e. The van der Waals surface area contributed by atoms with E-state index in [2.05, 4.69) is 48.5 Å². The van der Waals surface area contributed by atoms with Crippen molar-refractivity contribution in [2.75, 3.05) is 106 Å². The molecule has 0 N–H and O–H groups in total. The maximum atomic E-state index is 7.07. The standard InChI is InChI=1S/C58H64O16/c1-5-43(51(71-25-39-17-63-39)47(9-1)67-21-35-13-59-35)55-29-56(44-6-2-10-48(68-22-36-14-60-36)52(44)72-26-40-18-64-40)32-57(30-55,45-7-3-11-49(69-23-37-15-61-37)53(45)73-27-41-19-65-41)34-58(31-55,33-56)46-8-4-12-50(70-24-38-16-62-38)54(46)74-28-42-20-66-42/h1-12,35-42H,13-34H2. The largest absolute Gasteiger partial charge is 0.487 e. The molecule has 392 valence electrons. The second kappa shape index (κ2) is 18.3. The van der Waals surface area contributed by atoms with Gasteiger partial charge < -0.3 is 75.8 Å². The van der Waals surface area contributed by atoms with E-state index in [0.29, 0.717) is 129 Å². The first-order chi connectivity index (χ1) is 36.4. The highest BCUT2D eigenvalue weighted by Gasteiger charge is 2.71. The Kier molecular flexibility index (Phi) is 11.5. The van der Waals surface area contributed by atoms with E-state index in [1.165, 1.54) is 0 Å². The van der Waals surface area contributed by atoms with E-state index in [4.69, 9.17) is 75.8 Å². The third-order valence-corrected chi connectivity index (χ3v) is 16.8. The van der Waals surface area contributed by atoms with Crippen LogP contribution in [-0.2, 0) is 59.6 Å². The van der Waals surface area contributed by atoms with Crippen molar-refractivity contribution in [1.29, 1.82) is 0 Å². The molecule has 12 aliphatic rings. The molecule has 0 spiro atoms. The first-order valence-corrected chi connectivity index (χ1v) is 26.9. The maximum absolute atomic E-state index is 7.07. The average molecular weight is 1020 g/mol. The van der Waals surface area contributed by atoms with Gasteiger partial charge in [0, 0.05) is 43.9 Å². The highest BCUT2D eigenvalue weighted by molar-refractivity contribution is 5.63. The van der Waals surface area contributed by atoms with Gasteiger partial charge in [0.15, 0.2) is 46.0 Å². The first-order valence-electron chi connectivity index (χ1n) is 26.9. The maximum Gasteiger partial charge on any atom is 0.165 e. The molecular formula is C58H64O16. The molecule has 4 aliphatic carbocycles. The molecule has 0 radical (unpaired) electrons. The van der Waals surface area contributed by atoms with Gasteiger partial charge in [-0.2, -0.15) is 0 Å². The Hall–Kier alpha value is -5.04. The van der Waals surface area contributed by atoms with Gasteiger partial charge in [0.2, 0.25) is 0 Å². The molecule has 8 aliphatic heterocycles. The highest BCUT2D eigenvalue weighted by Crippen LogP contribution is 2.77. The van der Waals surface area contributed by atoms with Gasteiger partial charge in [-0.05, 0) is 62.8 Å². The molecule has 4 aromatic carbocycles. The quantitative estimate of drug-likeness (QED) is 0.0576. The van der Waals surface area contributed by atoms with Crippen molar-refractivity contribution in [2.45, 2.75) is 109 Å². The predicted octanol–water partition coefficient (Wildman–Crippen LogP) is 6.34. The third kappa shape index (κ3) is 9.52. The van der Waals surface area contributed by atoms with Gasteiger partial charge in [-0.3, -0.25) is 0 Å². The second-order valence-electron chi connectivity index (χ2n) is 22.8. The Morgan fingerprint density at radius 2 is 0.446 bits per heavy atom. The topological polar surface area (TPSA) is 174 Å². The van der Waals surface area contributed by atoms with E-state index in [9.17, 15) is 0 Å². The summed E-state index contributed by atoms with van der Waals surface area (Å²) in [6, 6.07) is 25.9. The smallest absolute Gasteiger partial charge is 0.165 e. The summed E-state index contributed by atoms with van der Waals surface area (Å²) in [5.74, 6) is 5.82. The van der Waals surface area contributed by atoms with Crippen molar-refractivity contribution in [3.63, 3.8) is 0 Å². The zero-order valence-electron chi connectivity index (χ0n) is 41.6. The van der Waals surface area contributed by atoms with Gasteiger partial charge in [0.1, 0.15) is 102 Å². The SMILES string of the molecule is c1cc(OCC2CO2)c(OCC2CO2)c(C23CC4(c5cccc(OCC6CO6)c5OCC5CO5)CC(c5cccc(OCC6CO6)c5OCC5CO5)(C2)CC(c2cccc(OCC5CO5)c2OCC2CO2)(C3)C4)c1. The molecule has 8 atom stereocenters. The van der Waals surface area contributed by atoms with Crippen LogP contribution >= 0.6 is 0 Å². The minimum atomic E-state index is -0.551. The number of benzene rings is 4. The van der Waals surface area contributed by atoms with E-state index in [-0.39, 0.29) is 48.8 Å². The van der Waals surface area contributed by atoms with Crippen LogP contribution < -0.4 is 37.9 Å². The first kappa shape index (κ1) is 46.3. The number of hydrogen-bond acceptors (Lipinski definition) is 16.